The van der Waals surface area contributed by atoms with Gasteiger partial charge in [0.15, 0.2) is 11.8 Å². The van der Waals surface area contributed by atoms with Gasteiger partial charge >= 0.3 is 5.97 Å². The Morgan fingerprint density at radius 3 is 2.10 bits per heavy atom. The van der Waals surface area contributed by atoms with Crippen LogP contribution in [0.2, 0.25) is 0 Å². The van der Waals surface area contributed by atoms with Crippen LogP contribution >= 0.6 is 0 Å². The maximum atomic E-state index is 12.7. The Balaban J connectivity index is 1.37. The highest BCUT2D eigenvalue weighted by Gasteiger charge is 2.37. The summed E-state index contributed by atoms with van der Waals surface area (Å²) in [7, 11) is 0. The molecule has 0 radical (unpaired) electrons. The molecule has 0 fully saturated rings. The Labute approximate surface area is 181 Å². The lowest BCUT2D eigenvalue weighted by Gasteiger charge is -2.22. The second kappa shape index (κ2) is 9.25. The second-order valence-corrected chi connectivity index (χ2v) is 7.77. The molecule has 1 aliphatic carbocycles. The molecule has 0 aromatic heterocycles. The van der Waals surface area contributed by atoms with Gasteiger partial charge in [0.05, 0.1) is 6.61 Å². The zero-order chi connectivity index (χ0) is 21.7. The first-order valence-corrected chi connectivity index (χ1v) is 10.3. The Morgan fingerprint density at radius 2 is 1.48 bits per heavy atom. The van der Waals surface area contributed by atoms with Gasteiger partial charge in [-0.25, -0.2) is 4.79 Å². The van der Waals surface area contributed by atoms with Crippen LogP contribution in [0.1, 0.15) is 29.0 Å². The van der Waals surface area contributed by atoms with Crippen LogP contribution < -0.4 is 5.73 Å². The maximum absolute atomic E-state index is 12.7. The number of fused-ring (bicyclic) bond motifs is 3. The first kappa shape index (κ1) is 21.0. The average Bonchev–Trinajstić information content (AvgIpc) is 3.14. The highest BCUT2D eigenvalue weighted by molar-refractivity contribution is 5.98. The number of nitrogens with two attached hydrogens (primary N) is 1. The minimum Gasteiger partial charge on any atom is -0.463 e. The predicted octanol–water partition coefficient (Wildman–Crippen LogP) is 3.85. The van der Waals surface area contributed by atoms with E-state index in [1.807, 2.05) is 66.7 Å². The third-order valence-corrected chi connectivity index (χ3v) is 5.71. The number of carbonyl (C=O) groups is 2. The number of carbonyl (C=O) groups excluding carboxylic acids is 2. The quantitative estimate of drug-likeness (QED) is 0.249. The monoisotopic (exact) mass is 415 g/mol. The molecule has 0 saturated carbocycles. The van der Waals surface area contributed by atoms with Crippen LogP contribution in [0.3, 0.4) is 0 Å². The Bertz CT molecular complexity index is 1020. The van der Waals surface area contributed by atoms with Gasteiger partial charge in [-0.2, -0.15) is 0 Å². The SMILES string of the molecule is NC(C=O)(CCOCc1ccccc1)C(=O)OCC1c2ccccc2-c2ccccc21. The zero-order valence-corrected chi connectivity index (χ0v) is 17.2. The first-order valence-electron chi connectivity index (χ1n) is 10.3. The van der Waals surface area contributed by atoms with Crippen LogP contribution in [0.25, 0.3) is 11.1 Å². The molecule has 158 valence electrons. The van der Waals surface area contributed by atoms with E-state index in [0.717, 1.165) is 27.8 Å². The van der Waals surface area contributed by atoms with Crippen molar-refractivity contribution in [3.63, 3.8) is 0 Å². The number of aldehydes is 1. The van der Waals surface area contributed by atoms with Gasteiger partial charge in [-0.15, -0.1) is 0 Å². The average molecular weight is 415 g/mol. The molecule has 0 bridgehead atoms. The number of ether oxygens (including phenoxy) is 2. The lowest BCUT2D eigenvalue weighted by molar-refractivity contribution is -0.152. The molecule has 2 N–H and O–H groups in total. The summed E-state index contributed by atoms with van der Waals surface area (Å²) in [6, 6.07) is 25.8. The third-order valence-electron chi connectivity index (χ3n) is 5.71. The second-order valence-electron chi connectivity index (χ2n) is 7.77. The van der Waals surface area contributed by atoms with Crippen LogP contribution in [-0.4, -0.2) is 31.0 Å². The third kappa shape index (κ3) is 4.43. The standard InChI is InChI=1S/C26H25NO4/c27-26(18-28,14-15-30-16-19-8-2-1-3-9-19)25(29)31-17-24-22-12-6-4-10-20(22)21-11-5-7-13-23(21)24/h1-13,18,24H,14-17,27H2. The van der Waals surface area contributed by atoms with Crippen molar-refractivity contribution in [2.24, 2.45) is 5.73 Å². The molecule has 4 rings (SSSR count). The molecule has 5 nitrogen and oxygen atoms in total. The van der Waals surface area contributed by atoms with Crippen molar-refractivity contribution < 1.29 is 19.1 Å². The van der Waals surface area contributed by atoms with Crippen LogP contribution in [0.15, 0.2) is 78.9 Å². The summed E-state index contributed by atoms with van der Waals surface area (Å²) < 4.78 is 11.2. The van der Waals surface area contributed by atoms with E-state index in [1.54, 1.807) is 0 Å². The van der Waals surface area contributed by atoms with Gasteiger partial charge < -0.3 is 20.0 Å². The summed E-state index contributed by atoms with van der Waals surface area (Å²) in [5.41, 5.74) is 9.85. The van der Waals surface area contributed by atoms with Crippen LogP contribution in [0.4, 0.5) is 0 Å². The minimum absolute atomic E-state index is 0.0556. The van der Waals surface area contributed by atoms with E-state index in [2.05, 4.69) is 12.1 Å². The highest BCUT2D eigenvalue weighted by Crippen LogP contribution is 2.44. The van der Waals surface area contributed by atoms with Crippen LogP contribution in [0.5, 0.6) is 0 Å². The number of hydrogen-bond acceptors (Lipinski definition) is 5. The lowest BCUT2D eigenvalue weighted by Crippen LogP contribution is -2.51. The smallest absolute Gasteiger partial charge is 0.333 e. The molecular weight excluding hydrogens is 390 g/mol. The van der Waals surface area contributed by atoms with E-state index in [1.165, 1.54) is 0 Å². The van der Waals surface area contributed by atoms with E-state index in [9.17, 15) is 9.59 Å². The van der Waals surface area contributed by atoms with Crippen LogP contribution in [0, 0.1) is 0 Å². The van der Waals surface area contributed by atoms with Crippen molar-refractivity contribution in [1.29, 1.82) is 0 Å². The van der Waals surface area contributed by atoms with Crippen molar-refractivity contribution in [1.82, 2.24) is 0 Å². The summed E-state index contributed by atoms with van der Waals surface area (Å²) in [6.07, 6.45) is 0.512. The largest absolute Gasteiger partial charge is 0.463 e. The Hall–Kier alpha value is -3.28. The molecule has 0 saturated heterocycles. The van der Waals surface area contributed by atoms with Gasteiger partial charge in [-0.05, 0) is 27.8 Å². The van der Waals surface area contributed by atoms with E-state index in [4.69, 9.17) is 15.2 Å². The molecule has 5 heteroatoms. The number of benzene rings is 3. The maximum Gasteiger partial charge on any atom is 0.333 e. The molecule has 0 heterocycles. The molecule has 0 spiro atoms. The summed E-state index contributed by atoms with van der Waals surface area (Å²) in [4.78, 5) is 24.4. The number of hydrogen-bond donors (Lipinski definition) is 1. The first-order chi connectivity index (χ1) is 15.1. The zero-order valence-electron chi connectivity index (χ0n) is 17.2. The summed E-state index contributed by atoms with van der Waals surface area (Å²) in [5.74, 6) is -0.811. The van der Waals surface area contributed by atoms with Crippen LogP contribution in [-0.2, 0) is 25.7 Å². The molecule has 0 aliphatic heterocycles. The fourth-order valence-corrected chi connectivity index (χ4v) is 3.95. The van der Waals surface area contributed by atoms with E-state index in [-0.39, 0.29) is 25.6 Å². The van der Waals surface area contributed by atoms with Crippen molar-refractivity contribution in [2.75, 3.05) is 13.2 Å². The van der Waals surface area contributed by atoms with Gasteiger partial charge in [0.25, 0.3) is 0 Å². The Kier molecular flexibility index (Phi) is 6.26. The molecule has 3 aromatic rings. The molecule has 3 aromatic carbocycles. The molecule has 0 amide bonds. The summed E-state index contributed by atoms with van der Waals surface area (Å²) in [5, 5.41) is 0. The fraction of sp³-hybridized carbons (Fsp3) is 0.231. The summed E-state index contributed by atoms with van der Waals surface area (Å²) in [6.45, 7) is 0.694. The predicted molar refractivity (Wildman–Crippen MR) is 118 cm³/mol. The van der Waals surface area contributed by atoms with Crippen molar-refractivity contribution in [2.45, 2.75) is 24.5 Å². The van der Waals surface area contributed by atoms with Crippen molar-refractivity contribution >= 4 is 12.3 Å². The number of esters is 1. The molecule has 31 heavy (non-hydrogen) atoms. The molecule has 1 aliphatic rings. The van der Waals surface area contributed by atoms with Gasteiger partial charge in [0.1, 0.15) is 6.61 Å². The topological polar surface area (TPSA) is 78.6 Å². The number of rotatable bonds is 9. The van der Waals surface area contributed by atoms with E-state index in [0.29, 0.717) is 12.9 Å². The van der Waals surface area contributed by atoms with Gasteiger partial charge in [0, 0.05) is 18.9 Å². The van der Waals surface area contributed by atoms with Crippen molar-refractivity contribution in [3.8, 4) is 11.1 Å². The van der Waals surface area contributed by atoms with Gasteiger partial charge in [-0.1, -0.05) is 78.9 Å². The minimum atomic E-state index is -1.73. The molecular formula is C26H25NO4. The van der Waals surface area contributed by atoms with Gasteiger partial charge in [0.2, 0.25) is 0 Å². The molecule has 1 unspecified atom stereocenters. The Morgan fingerprint density at radius 1 is 0.903 bits per heavy atom. The van der Waals surface area contributed by atoms with Gasteiger partial charge in [-0.3, -0.25) is 0 Å². The van der Waals surface area contributed by atoms with E-state index >= 15 is 0 Å². The summed E-state index contributed by atoms with van der Waals surface area (Å²) >= 11 is 0. The fourth-order valence-electron chi connectivity index (χ4n) is 3.95. The normalized spacial score (nSPS) is 14.4. The van der Waals surface area contributed by atoms with E-state index < -0.39 is 11.5 Å². The molecule has 1 atom stereocenters. The lowest BCUT2D eigenvalue weighted by atomic mass is 9.97. The highest BCUT2D eigenvalue weighted by atomic mass is 16.5. The van der Waals surface area contributed by atoms with Crippen molar-refractivity contribution in [3.05, 3.63) is 95.6 Å².